The lowest BCUT2D eigenvalue weighted by atomic mass is 10.1. The number of nitrogens with one attached hydrogen (secondary N) is 1. The van der Waals surface area contributed by atoms with Gasteiger partial charge in [-0.15, -0.1) is 0 Å². The van der Waals surface area contributed by atoms with Crippen molar-refractivity contribution < 1.29 is 4.74 Å². The predicted molar refractivity (Wildman–Crippen MR) is 66.7 cm³/mol. The number of nitrogens with zero attached hydrogens (tertiary/aromatic N) is 2. The van der Waals surface area contributed by atoms with Gasteiger partial charge in [0.1, 0.15) is 0 Å². The van der Waals surface area contributed by atoms with E-state index in [2.05, 4.69) is 28.7 Å². The summed E-state index contributed by atoms with van der Waals surface area (Å²) >= 11 is 0. The first kappa shape index (κ1) is 13.0. The quantitative estimate of drug-likeness (QED) is 0.690. The molecular weight excluding hydrogens is 202 g/mol. The Morgan fingerprint density at radius 3 is 3.06 bits per heavy atom. The highest BCUT2D eigenvalue weighted by Gasteiger charge is 2.03. The summed E-state index contributed by atoms with van der Waals surface area (Å²) in [5.41, 5.74) is 0. The number of rotatable bonds is 8. The summed E-state index contributed by atoms with van der Waals surface area (Å²) in [5, 5.41) is 3.38. The molecule has 0 aromatic carbocycles. The molecule has 1 aromatic rings. The van der Waals surface area contributed by atoms with Gasteiger partial charge in [-0.2, -0.15) is 0 Å². The largest absolute Gasteiger partial charge is 0.385 e. The third-order valence-corrected chi connectivity index (χ3v) is 2.77. The van der Waals surface area contributed by atoms with Gasteiger partial charge in [0.25, 0.3) is 0 Å². The van der Waals surface area contributed by atoms with Crippen molar-refractivity contribution in [2.45, 2.75) is 33.2 Å². The Morgan fingerprint density at radius 1 is 1.56 bits per heavy atom. The van der Waals surface area contributed by atoms with Crippen LogP contribution in [0.4, 0.5) is 5.95 Å². The predicted octanol–water partition coefficient (Wildman–Crippen LogP) is 2.38. The third kappa shape index (κ3) is 4.23. The molecule has 0 aliphatic carbocycles. The van der Waals surface area contributed by atoms with Crippen LogP contribution in [0.2, 0.25) is 0 Å². The Kier molecular flexibility index (Phi) is 5.93. The van der Waals surface area contributed by atoms with E-state index in [1.807, 2.05) is 12.4 Å². The van der Waals surface area contributed by atoms with Crippen molar-refractivity contribution in [2.75, 3.05) is 25.6 Å². The van der Waals surface area contributed by atoms with Crippen LogP contribution in [0.15, 0.2) is 12.4 Å². The van der Waals surface area contributed by atoms with Gasteiger partial charge in [0, 0.05) is 39.2 Å². The number of hydrogen-bond acceptors (Lipinski definition) is 3. The first-order valence-corrected chi connectivity index (χ1v) is 6.01. The van der Waals surface area contributed by atoms with Crippen molar-refractivity contribution in [3.05, 3.63) is 12.4 Å². The lowest BCUT2D eigenvalue weighted by Crippen LogP contribution is -2.14. The summed E-state index contributed by atoms with van der Waals surface area (Å²) in [6.45, 7) is 7.18. The second kappa shape index (κ2) is 7.28. The summed E-state index contributed by atoms with van der Waals surface area (Å²) in [4.78, 5) is 4.31. The van der Waals surface area contributed by atoms with E-state index in [1.165, 1.54) is 6.42 Å². The van der Waals surface area contributed by atoms with E-state index in [-0.39, 0.29) is 0 Å². The topological polar surface area (TPSA) is 39.1 Å². The van der Waals surface area contributed by atoms with Crippen LogP contribution >= 0.6 is 0 Å². The molecule has 92 valence electrons. The molecule has 0 radical (unpaired) electrons. The molecule has 4 nitrogen and oxygen atoms in total. The summed E-state index contributed by atoms with van der Waals surface area (Å²) < 4.78 is 7.18. The average molecular weight is 225 g/mol. The fraction of sp³-hybridized carbons (Fsp3) is 0.750. The first-order valence-electron chi connectivity index (χ1n) is 6.01. The Hall–Kier alpha value is -1.03. The first-order chi connectivity index (χ1) is 7.77. The van der Waals surface area contributed by atoms with Crippen LogP contribution in [0.3, 0.4) is 0 Å². The molecule has 0 saturated carbocycles. The molecule has 0 spiro atoms. The molecular formula is C12H23N3O. The number of anilines is 1. The van der Waals surface area contributed by atoms with E-state index in [0.29, 0.717) is 5.92 Å². The SMILES string of the molecule is CCC(C)CNc1nccn1CCCOC. The minimum atomic E-state index is 0.684. The normalized spacial score (nSPS) is 12.7. The zero-order valence-electron chi connectivity index (χ0n) is 10.6. The van der Waals surface area contributed by atoms with E-state index in [0.717, 1.165) is 32.1 Å². The Morgan fingerprint density at radius 2 is 2.38 bits per heavy atom. The van der Waals surface area contributed by atoms with Crippen molar-refractivity contribution >= 4 is 5.95 Å². The van der Waals surface area contributed by atoms with E-state index in [9.17, 15) is 0 Å². The second-order valence-corrected chi connectivity index (χ2v) is 4.18. The molecule has 0 amide bonds. The minimum absolute atomic E-state index is 0.684. The van der Waals surface area contributed by atoms with Gasteiger partial charge >= 0.3 is 0 Å². The molecule has 0 aliphatic rings. The Balaban J connectivity index is 2.37. The van der Waals surface area contributed by atoms with Crippen LogP contribution in [0.1, 0.15) is 26.7 Å². The minimum Gasteiger partial charge on any atom is -0.385 e. The van der Waals surface area contributed by atoms with Gasteiger partial charge in [-0.05, 0) is 12.3 Å². The maximum absolute atomic E-state index is 5.04. The second-order valence-electron chi connectivity index (χ2n) is 4.18. The average Bonchev–Trinajstić information content (AvgIpc) is 2.74. The van der Waals surface area contributed by atoms with E-state index in [1.54, 1.807) is 7.11 Å². The number of imidazole rings is 1. The summed E-state index contributed by atoms with van der Waals surface area (Å²) in [5.74, 6) is 1.65. The van der Waals surface area contributed by atoms with Crippen LogP contribution in [-0.4, -0.2) is 29.8 Å². The van der Waals surface area contributed by atoms with Crippen molar-refractivity contribution in [3.8, 4) is 0 Å². The molecule has 1 N–H and O–H groups in total. The Labute approximate surface area is 98.0 Å². The summed E-state index contributed by atoms with van der Waals surface area (Å²) in [6, 6.07) is 0. The van der Waals surface area contributed by atoms with Crippen LogP contribution in [0, 0.1) is 5.92 Å². The number of aryl methyl sites for hydroxylation is 1. The summed E-state index contributed by atoms with van der Waals surface area (Å²) in [6.07, 6.45) is 6.06. The fourth-order valence-corrected chi connectivity index (χ4v) is 1.45. The molecule has 0 saturated heterocycles. The maximum Gasteiger partial charge on any atom is 0.202 e. The maximum atomic E-state index is 5.04. The van der Waals surface area contributed by atoms with Gasteiger partial charge in [-0.25, -0.2) is 4.98 Å². The molecule has 16 heavy (non-hydrogen) atoms. The lowest BCUT2D eigenvalue weighted by molar-refractivity contribution is 0.190. The fourth-order valence-electron chi connectivity index (χ4n) is 1.45. The van der Waals surface area contributed by atoms with Gasteiger partial charge in [-0.1, -0.05) is 20.3 Å². The van der Waals surface area contributed by atoms with Crippen LogP contribution in [-0.2, 0) is 11.3 Å². The standard InChI is InChI=1S/C12H23N3O/c1-4-11(2)10-14-12-13-6-8-15(12)7-5-9-16-3/h6,8,11H,4-5,7,9-10H2,1-3H3,(H,13,14). The van der Waals surface area contributed by atoms with Crippen LogP contribution in [0.25, 0.3) is 0 Å². The van der Waals surface area contributed by atoms with Crippen LogP contribution in [0.5, 0.6) is 0 Å². The zero-order chi connectivity index (χ0) is 11.8. The van der Waals surface area contributed by atoms with Crippen molar-refractivity contribution in [3.63, 3.8) is 0 Å². The molecule has 1 aromatic heterocycles. The molecule has 1 atom stereocenters. The highest BCUT2D eigenvalue weighted by atomic mass is 16.5. The summed E-state index contributed by atoms with van der Waals surface area (Å²) in [7, 11) is 1.73. The van der Waals surface area contributed by atoms with Gasteiger partial charge in [0.05, 0.1) is 0 Å². The van der Waals surface area contributed by atoms with Crippen molar-refractivity contribution in [2.24, 2.45) is 5.92 Å². The lowest BCUT2D eigenvalue weighted by Gasteiger charge is -2.12. The van der Waals surface area contributed by atoms with Crippen molar-refractivity contribution in [1.29, 1.82) is 0 Å². The number of hydrogen-bond donors (Lipinski definition) is 1. The zero-order valence-corrected chi connectivity index (χ0v) is 10.6. The van der Waals surface area contributed by atoms with Gasteiger partial charge in [0.2, 0.25) is 5.95 Å². The molecule has 4 heteroatoms. The van der Waals surface area contributed by atoms with Gasteiger partial charge in [-0.3, -0.25) is 0 Å². The van der Waals surface area contributed by atoms with Crippen LogP contribution < -0.4 is 5.32 Å². The molecule has 0 fully saturated rings. The van der Waals surface area contributed by atoms with Crippen molar-refractivity contribution in [1.82, 2.24) is 9.55 Å². The molecule has 1 heterocycles. The van der Waals surface area contributed by atoms with E-state index in [4.69, 9.17) is 4.74 Å². The highest BCUT2D eigenvalue weighted by molar-refractivity contribution is 5.25. The third-order valence-electron chi connectivity index (χ3n) is 2.77. The smallest absolute Gasteiger partial charge is 0.202 e. The molecule has 0 aliphatic heterocycles. The Bertz CT molecular complexity index is 286. The van der Waals surface area contributed by atoms with E-state index >= 15 is 0 Å². The number of aromatic nitrogens is 2. The highest BCUT2D eigenvalue weighted by Crippen LogP contribution is 2.08. The monoisotopic (exact) mass is 225 g/mol. The molecule has 1 rings (SSSR count). The molecule has 1 unspecified atom stereocenters. The van der Waals surface area contributed by atoms with Gasteiger partial charge < -0.3 is 14.6 Å². The molecule has 0 bridgehead atoms. The van der Waals surface area contributed by atoms with Gasteiger partial charge in [0.15, 0.2) is 0 Å². The number of ether oxygens (including phenoxy) is 1. The van der Waals surface area contributed by atoms with E-state index < -0.39 is 0 Å². The number of methoxy groups -OCH3 is 1.